The van der Waals surface area contributed by atoms with Crippen molar-refractivity contribution >= 4 is 35.8 Å². The van der Waals surface area contributed by atoms with Crippen LogP contribution in [0, 0.1) is 5.92 Å². The molecule has 30 heavy (non-hydrogen) atoms. The third-order valence-electron chi connectivity index (χ3n) is 5.89. The van der Waals surface area contributed by atoms with Gasteiger partial charge in [-0.15, -0.1) is 24.0 Å². The zero-order chi connectivity index (χ0) is 20.5. The van der Waals surface area contributed by atoms with Gasteiger partial charge in [-0.2, -0.15) is 0 Å². The van der Waals surface area contributed by atoms with E-state index in [4.69, 9.17) is 9.73 Å². The molecule has 1 aromatic rings. The number of likely N-dealkylation sites (tertiary alicyclic amines) is 1. The average Bonchev–Trinajstić information content (AvgIpc) is 3.15. The van der Waals surface area contributed by atoms with Crippen LogP contribution >= 0.6 is 24.0 Å². The Bertz CT molecular complexity index is 674. The van der Waals surface area contributed by atoms with Crippen LogP contribution in [0.25, 0.3) is 0 Å². The number of nitrogens with one attached hydrogen (secondary N) is 1. The van der Waals surface area contributed by atoms with Crippen molar-refractivity contribution in [1.82, 2.24) is 15.1 Å². The van der Waals surface area contributed by atoms with Gasteiger partial charge in [0.1, 0.15) is 0 Å². The second-order valence-electron chi connectivity index (χ2n) is 8.17. The lowest BCUT2D eigenvalue weighted by Gasteiger charge is -2.26. The number of ether oxygens (including phenoxy) is 1. The van der Waals surface area contributed by atoms with Gasteiger partial charge in [-0.25, -0.2) is 4.99 Å². The molecule has 1 amide bonds. The van der Waals surface area contributed by atoms with Gasteiger partial charge in [0, 0.05) is 52.9 Å². The number of benzene rings is 1. The summed E-state index contributed by atoms with van der Waals surface area (Å²) in [6.45, 7) is 8.07. The Labute approximate surface area is 198 Å². The number of carbonyl (C=O) groups is 1. The van der Waals surface area contributed by atoms with Crippen molar-refractivity contribution in [3.63, 3.8) is 0 Å². The number of nitrogens with zero attached hydrogens (tertiary/aromatic N) is 3. The van der Waals surface area contributed by atoms with Gasteiger partial charge in [0.25, 0.3) is 0 Å². The Hall–Kier alpha value is -1.35. The lowest BCUT2D eigenvalue weighted by Crippen LogP contribution is -2.40. The summed E-state index contributed by atoms with van der Waals surface area (Å²) in [7, 11) is 2.12. The van der Waals surface area contributed by atoms with Crippen LogP contribution in [-0.4, -0.2) is 61.6 Å². The maximum absolute atomic E-state index is 11.8. The number of guanidine groups is 1. The molecule has 2 heterocycles. The van der Waals surface area contributed by atoms with Crippen molar-refractivity contribution in [3.8, 4) is 0 Å². The lowest BCUT2D eigenvalue weighted by atomic mass is 9.96. The Morgan fingerprint density at radius 2 is 1.93 bits per heavy atom. The minimum absolute atomic E-state index is 0. The topological polar surface area (TPSA) is 57.2 Å². The predicted molar refractivity (Wildman–Crippen MR) is 132 cm³/mol. The molecule has 0 unspecified atom stereocenters. The first-order valence-corrected chi connectivity index (χ1v) is 11.1. The molecule has 7 heteroatoms. The summed E-state index contributed by atoms with van der Waals surface area (Å²) < 4.78 is 5.46. The Morgan fingerprint density at radius 1 is 1.23 bits per heavy atom. The monoisotopic (exact) mass is 528 g/mol. The highest BCUT2D eigenvalue weighted by Gasteiger charge is 2.20. The number of rotatable bonds is 8. The van der Waals surface area contributed by atoms with E-state index >= 15 is 0 Å². The molecule has 0 atom stereocenters. The summed E-state index contributed by atoms with van der Waals surface area (Å²) in [5.41, 5.74) is 2.38. The van der Waals surface area contributed by atoms with Crippen LogP contribution in [0.15, 0.2) is 29.3 Å². The zero-order valence-corrected chi connectivity index (χ0v) is 20.8. The van der Waals surface area contributed by atoms with E-state index in [1.807, 2.05) is 4.90 Å². The minimum Gasteiger partial charge on any atom is -0.381 e. The molecule has 0 saturated carbocycles. The Morgan fingerprint density at radius 3 is 2.57 bits per heavy atom. The van der Waals surface area contributed by atoms with Crippen LogP contribution in [0.4, 0.5) is 0 Å². The van der Waals surface area contributed by atoms with Gasteiger partial charge in [-0.1, -0.05) is 24.3 Å². The molecule has 3 rings (SSSR count). The molecule has 0 aliphatic carbocycles. The van der Waals surface area contributed by atoms with Gasteiger partial charge in [-0.05, 0) is 49.7 Å². The van der Waals surface area contributed by atoms with E-state index in [2.05, 4.69) is 48.5 Å². The summed E-state index contributed by atoms with van der Waals surface area (Å²) in [6.07, 6.45) is 5.23. The molecule has 2 aliphatic heterocycles. The van der Waals surface area contributed by atoms with Crippen molar-refractivity contribution in [2.45, 2.75) is 52.1 Å². The first-order valence-electron chi connectivity index (χ1n) is 11.1. The molecule has 2 aliphatic rings. The fourth-order valence-electron chi connectivity index (χ4n) is 3.99. The number of halogens is 1. The van der Waals surface area contributed by atoms with Crippen LogP contribution < -0.4 is 5.32 Å². The smallest absolute Gasteiger partial charge is 0.222 e. The van der Waals surface area contributed by atoms with E-state index in [1.54, 1.807) is 0 Å². The van der Waals surface area contributed by atoms with Gasteiger partial charge >= 0.3 is 0 Å². The van der Waals surface area contributed by atoms with Crippen molar-refractivity contribution < 1.29 is 9.53 Å². The van der Waals surface area contributed by atoms with Crippen molar-refractivity contribution in [3.05, 3.63) is 35.4 Å². The Kier molecular flexibility index (Phi) is 10.9. The maximum atomic E-state index is 11.8. The van der Waals surface area contributed by atoms with Crippen LogP contribution in [0.1, 0.15) is 50.2 Å². The van der Waals surface area contributed by atoms with E-state index in [1.165, 1.54) is 30.4 Å². The quantitative estimate of drug-likeness (QED) is 0.318. The standard InChI is InChI=1S/C23H36N4O2.HI/c1-3-24-23(26(2)14-10-19-11-15-29-16-12-19)25-17-20-6-8-21(9-7-20)18-27-13-4-5-22(27)28;/h6-9,19H,3-5,10-18H2,1-2H3,(H,24,25);1H. The molecule has 1 N–H and O–H groups in total. The van der Waals surface area contributed by atoms with Crippen molar-refractivity contribution in [2.75, 3.05) is 39.9 Å². The summed E-state index contributed by atoms with van der Waals surface area (Å²) in [6, 6.07) is 8.51. The van der Waals surface area contributed by atoms with Crippen LogP contribution in [0.5, 0.6) is 0 Å². The fourth-order valence-corrected chi connectivity index (χ4v) is 3.99. The summed E-state index contributed by atoms with van der Waals surface area (Å²) >= 11 is 0. The van der Waals surface area contributed by atoms with Gasteiger partial charge in [0.05, 0.1) is 6.54 Å². The van der Waals surface area contributed by atoms with E-state index in [9.17, 15) is 4.79 Å². The third kappa shape index (κ3) is 7.72. The van der Waals surface area contributed by atoms with E-state index < -0.39 is 0 Å². The molecule has 0 spiro atoms. The second-order valence-corrected chi connectivity index (χ2v) is 8.17. The van der Waals surface area contributed by atoms with Gasteiger partial charge < -0.3 is 19.9 Å². The summed E-state index contributed by atoms with van der Waals surface area (Å²) in [5.74, 6) is 2.01. The largest absolute Gasteiger partial charge is 0.381 e. The second kappa shape index (κ2) is 13.1. The fraction of sp³-hybridized carbons (Fsp3) is 0.652. The van der Waals surface area contributed by atoms with Crippen molar-refractivity contribution in [2.24, 2.45) is 10.9 Å². The third-order valence-corrected chi connectivity index (χ3v) is 5.89. The molecule has 168 valence electrons. The number of aliphatic imine (C=N–C) groups is 1. The summed E-state index contributed by atoms with van der Waals surface area (Å²) in [5, 5.41) is 3.41. The molecular formula is C23H37IN4O2. The molecule has 2 fully saturated rings. The molecule has 2 saturated heterocycles. The molecule has 1 aromatic carbocycles. The molecule has 0 aromatic heterocycles. The zero-order valence-electron chi connectivity index (χ0n) is 18.4. The highest BCUT2D eigenvalue weighted by molar-refractivity contribution is 14.0. The van der Waals surface area contributed by atoms with E-state index in [0.29, 0.717) is 13.0 Å². The van der Waals surface area contributed by atoms with Gasteiger partial charge in [-0.3, -0.25) is 4.79 Å². The maximum Gasteiger partial charge on any atom is 0.222 e. The molecular weight excluding hydrogens is 491 g/mol. The molecule has 6 nitrogen and oxygen atoms in total. The first kappa shape index (κ1) is 24.9. The Balaban J connectivity index is 0.00000320. The highest BCUT2D eigenvalue weighted by atomic mass is 127. The number of hydrogen-bond donors (Lipinski definition) is 1. The number of hydrogen-bond acceptors (Lipinski definition) is 3. The first-order chi connectivity index (χ1) is 14.2. The summed E-state index contributed by atoms with van der Waals surface area (Å²) in [4.78, 5) is 20.8. The average molecular weight is 528 g/mol. The van der Waals surface area contributed by atoms with E-state index in [0.717, 1.165) is 57.7 Å². The highest BCUT2D eigenvalue weighted by Crippen LogP contribution is 2.19. The lowest BCUT2D eigenvalue weighted by molar-refractivity contribution is -0.128. The van der Waals surface area contributed by atoms with E-state index in [-0.39, 0.29) is 29.9 Å². The van der Waals surface area contributed by atoms with Crippen LogP contribution in [0.3, 0.4) is 0 Å². The minimum atomic E-state index is 0. The molecule has 0 radical (unpaired) electrons. The van der Waals surface area contributed by atoms with Crippen LogP contribution in [-0.2, 0) is 22.6 Å². The number of carbonyl (C=O) groups excluding carboxylic acids is 1. The number of amides is 1. The molecule has 0 bridgehead atoms. The van der Waals surface area contributed by atoms with Crippen molar-refractivity contribution in [1.29, 1.82) is 0 Å². The SMILES string of the molecule is CCNC(=NCc1ccc(CN2CCCC2=O)cc1)N(C)CCC1CCOCC1.I. The van der Waals surface area contributed by atoms with Gasteiger partial charge in [0.15, 0.2) is 5.96 Å². The van der Waals surface area contributed by atoms with Gasteiger partial charge in [0.2, 0.25) is 5.91 Å². The normalized spacial score (nSPS) is 17.7. The predicted octanol–water partition coefficient (Wildman–Crippen LogP) is 3.64. The van der Waals surface area contributed by atoms with Crippen LogP contribution in [0.2, 0.25) is 0 Å².